The Hall–Kier alpha value is 1.32. The van der Waals surface area contributed by atoms with E-state index < -0.39 is 31.8 Å². The van der Waals surface area contributed by atoms with Crippen molar-refractivity contribution in [2.75, 3.05) is 24.6 Å². The van der Waals surface area contributed by atoms with E-state index in [0.717, 1.165) is 64.2 Å². The van der Waals surface area contributed by atoms with Gasteiger partial charge in [0.2, 0.25) is 0 Å². The van der Waals surface area contributed by atoms with Crippen molar-refractivity contribution in [3.8, 4) is 0 Å². The number of rotatable bonds is 40. The van der Waals surface area contributed by atoms with Gasteiger partial charge in [0.1, 0.15) is 49.1 Å². The fourth-order valence-electron chi connectivity index (χ4n) is 6.55. The Morgan fingerprint density at radius 1 is 0.293 bits per heavy atom. The highest BCUT2D eigenvalue weighted by atomic mass is 31.3. The smallest absolute Gasteiger partial charge is 0.189 e. The molecule has 58 heavy (non-hydrogen) atoms. The van der Waals surface area contributed by atoms with Crippen LogP contribution in [0, 0.1) is 0 Å². The Labute approximate surface area is 363 Å². The van der Waals surface area contributed by atoms with Gasteiger partial charge in [-0.3, -0.25) is 0 Å². The summed E-state index contributed by atoms with van der Waals surface area (Å²) in [7, 11) is -12.6. The second-order valence-corrected chi connectivity index (χ2v) is 26.3. The van der Waals surface area contributed by atoms with Crippen molar-refractivity contribution < 1.29 is 46.3 Å². The monoisotopic (exact) mass is 913 g/mol. The summed E-state index contributed by atoms with van der Waals surface area (Å²) in [4.78, 5) is 42.7. The standard InChI is InChI=1S/2C22H50O5P2/c2*1-7-9-11-13-15-17-19-28(23,24)27-29(25-21(3)4,26-22(5)6)20-18-16-14-12-10-8-2/h2*21-24H,7-20H2,1-6H3/q2*+2. The van der Waals surface area contributed by atoms with E-state index >= 15 is 0 Å². The van der Waals surface area contributed by atoms with E-state index in [1.54, 1.807) is 0 Å². The molecule has 0 aliphatic heterocycles. The molecule has 0 aliphatic rings. The number of unbranched alkanes of at least 4 members (excludes halogenated alkanes) is 20. The predicted molar refractivity (Wildman–Crippen MR) is 257 cm³/mol. The van der Waals surface area contributed by atoms with Crippen LogP contribution in [0.3, 0.4) is 0 Å². The topological polar surface area (TPSA) is 136 Å². The third-order valence-electron chi connectivity index (χ3n) is 9.17. The van der Waals surface area contributed by atoms with E-state index in [4.69, 9.17) is 26.7 Å². The Bertz CT molecular complexity index is 806. The highest BCUT2D eigenvalue weighted by Crippen LogP contribution is 2.76. The summed E-state index contributed by atoms with van der Waals surface area (Å²) < 4.78 is 36.6. The van der Waals surface area contributed by atoms with Crippen LogP contribution in [0.5, 0.6) is 0 Å². The zero-order valence-electron chi connectivity index (χ0n) is 40.1. The summed E-state index contributed by atoms with van der Waals surface area (Å²) in [5.41, 5.74) is 0. The Balaban J connectivity index is 0. The first-order valence-electron chi connectivity index (χ1n) is 23.9. The Morgan fingerprint density at radius 3 is 0.690 bits per heavy atom. The van der Waals surface area contributed by atoms with Crippen LogP contribution in [-0.2, 0) is 26.7 Å². The maximum absolute atomic E-state index is 10.7. The van der Waals surface area contributed by atoms with Crippen LogP contribution >= 0.6 is 31.8 Å². The second kappa shape index (κ2) is 37.7. The van der Waals surface area contributed by atoms with E-state index in [9.17, 15) is 19.6 Å². The highest BCUT2D eigenvalue weighted by Gasteiger charge is 2.61. The minimum Gasteiger partial charge on any atom is -0.189 e. The van der Waals surface area contributed by atoms with Gasteiger partial charge in [-0.2, -0.15) is 37.7 Å². The van der Waals surface area contributed by atoms with Crippen LogP contribution in [-0.4, -0.2) is 68.6 Å². The largest absolute Gasteiger partial charge is 0.466 e. The van der Waals surface area contributed by atoms with Crippen molar-refractivity contribution in [2.24, 2.45) is 0 Å². The van der Waals surface area contributed by atoms with Gasteiger partial charge in [-0.1, -0.05) is 130 Å². The van der Waals surface area contributed by atoms with Crippen molar-refractivity contribution in [2.45, 2.75) is 262 Å². The molecule has 0 atom stereocenters. The molecular weight excluding hydrogens is 812 g/mol. The minimum absolute atomic E-state index is 0.0868. The summed E-state index contributed by atoms with van der Waals surface area (Å²) in [6.45, 7) is 24.4. The lowest BCUT2D eigenvalue weighted by Gasteiger charge is -2.25. The van der Waals surface area contributed by atoms with Gasteiger partial charge in [0.05, 0.1) is 0 Å². The third kappa shape index (κ3) is 37.8. The Morgan fingerprint density at radius 2 is 0.483 bits per heavy atom. The normalized spacial score (nSPS) is 13.0. The summed E-state index contributed by atoms with van der Waals surface area (Å²) in [6, 6.07) is 0. The van der Waals surface area contributed by atoms with Crippen molar-refractivity contribution in [3.63, 3.8) is 0 Å². The van der Waals surface area contributed by atoms with Gasteiger partial charge in [0.25, 0.3) is 0 Å². The molecule has 0 saturated carbocycles. The second-order valence-electron chi connectivity index (χ2n) is 17.3. The molecular formula is C44H100O10P4+4. The highest BCUT2D eigenvalue weighted by molar-refractivity contribution is 7.74. The fraction of sp³-hybridized carbons (Fsp3) is 1.00. The lowest BCUT2D eigenvalue weighted by Crippen LogP contribution is -2.19. The molecule has 0 rings (SSSR count). The zero-order valence-corrected chi connectivity index (χ0v) is 43.7. The molecule has 0 aromatic heterocycles. The van der Waals surface area contributed by atoms with Gasteiger partial charge in [0, 0.05) is 8.62 Å². The van der Waals surface area contributed by atoms with Crippen LogP contribution in [0.25, 0.3) is 0 Å². The SMILES string of the molecule is CCCCCCCC[P+](O)(O)O[P+](CCCCCCCC)(OC(C)C)OC(C)C.CCCCCCCC[P+](O)(O)O[P+](CCCCCCCC)(OC(C)C)OC(C)C. The van der Waals surface area contributed by atoms with Gasteiger partial charge < -0.3 is 0 Å². The maximum Gasteiger partial charge on any atom is 0.466 e. The molecule has 0 unspecified atom stereocenters. The van der Waals surface area contributed by atoms with Crippen LogP contribution in [0.15, 0.2) is 0 Å². The van der Waals surface area contributed by atoms with E-state index in [2.05, 4.69) is 27.7 Å². The lowest BCUT2D eigenvalue weighted by molar-refractivity contribution is 0.114. The molecule has 0 aromatic carbocycles. The van der Waals surface area contributed by atoms with E-state index in [-0.39, 0.29) is 24.4 Å². The first-order chi connectivity index (χ1) is 27.3. The van der Waals surface area contributed by atoms with Crippen LogP contribution in [0.1, 0.15) is 237 Å². The number of hydrogen-bond donors (Lipinski definition) is 4. The van der Waals surface area contributed by atoms with Crippen LogP contribution < -0.4 is 0 Å². The molecule has 0 spiro atoms. The summed E-state index contributed by atoms with van der Waals surface area (Å²) in [5, 5.41) is 0. The van der Waals surface area contributed by atoms with E-state index in [1.165, 1.54) is 89.9 Å². The maximum atomic E-state index is 10.7. The molecule has 352 valence electrons. The molecule has 0 aromatic rings. The first kappa shape index (κ1) is 61.4. The molecule has 0 fully saturated rings. The van der Waals surface area contributed by atoms with Gasteiger partial charge >= 0.3 is 31.8 Å². The zero-order chi connectivity index (χ0) is 44.4. The molecule has 0 bridgehead atoms. The fourth-order valence-corrected chi connectivity index (χ4v) is 17.2. The van der Waals surface area contributed by atoms with Gasteiger partial charge in [-0.15, -0.1) is 0 Å². The van der Waals surface area contributed by atoms with Crippen molar-refractivity contribution >= 4 is 31.8 Å². The van der Waals surface area contributed by atoms with Crippen molar-refractivity contribution in [3.05, 3.63) is 0 Å². The summed E-state index contributed by atoms with van der Waals surface area (Å²) in [5.74, 6) is 0. The molecule has 0 amide bonds. The van der Waals surface area contributed by atoms with Crippen LogP contribution in [0.2, 0.25) is 0 Å². The van der Waals surface area contributed by atoms with Gasteiger partial charge in [-0.05, 0) is 107 Å². The van der Waals surface area contributed by atoms with Crippen molar-refractivity contribution in [1.82, 2.24) is 0 Å². The average molecular weight is 913 g/mol. The molecule has 0 aliphatic carbocycles. The lowest BCUT2D eigenvalue weighted by atomic mass is 10.1. The minimum atomic E-state index is -3.50. The molecule has 0 radical (unpaired) electrons. The van der Waals surface area contributed by atoms with E-state index in [1.807, 2.05) is 55.4 Å². The average Bonchev–Trinajstić information content (AvgIpc) is 3.09. The number of hydrogen-bond acceptors (Lipinski definition) is 10. The quantitative estimate of drug-likeness (QED) is 0.0347. The van der Waals surface area contributed by atoms with E-state index in [0.29, 0.717) is 24.6 Å². The van der Waals surface area contributed by atoms with Crippen LogP contribution in [0.4, 0.5) is 0 Å². The predicted octanol–water partition coefficient (Wildman–Crippen LogP) is 16.2. The third-order valence-corrected chi connectivity index (χ3v) is 19.8. The summed E-state index contributed by atoms with van der Waals surface area (Å²) in [6.07, 6.45) is 28.5. The van der Waals surface area contributed by atoms with Gasteiger partial charge in [-0.25, -0.2) is 0 Å². The van der Waals surface area contributed by atoms with Gasteiger partial charge in [0.15, 0.2) is 0 Å². The molecule has 4 N–H and O–H groups in total. The Kier molecular flexibility index (Phi) is 39.9. The molecule has 0 saturated heterocycles. The molecule has 14 heteroatoms. The molecule has 10 nitrogen and oxygen atoms in total. The molecule has 0 heterocycles. The first-order valence-corrected chi connectivity index (χ1v) is 31.0. The summed E-state index contributed by atoms with van der Waals surface area (Å²) >= 11 is 0. The van der Waals surface area contributed by atoms with Crippen molar-refractivity contribution in [1.29, 1.82) is 0 Å².